The van der Waals surface area contributed by atoms with Crippen molar-refractivity contribution in [1.29, 1.82) is 0 Å². The highest BCUT2D eigenvalue weighted by molar-refractivity contribution is 6.30. The van der Waals surface area contributed by atoms with Gasteiger partial charge in [0.2, 0.25) is 0 Å². The molecule has 0 spiro atoms. The SMILES string of the molecule is CC(CN)(Cc1ccc(Cl)cc1)NC1CCCC1CO. The molecule has 0 bridgehead atoms. The van der Waals surface area contributed by atoms with Crippen molar-refractivity contribution in [1.82, 2.24) is 5.32 Å². The van der Waals surface area contributed by atoms with E-state index in [4.69, 9.17) is 17.3 Å². The van der Waals surface area contributed by atoms with Crippen molar-refractivity contribution in [2.24, 2.45) is 11.7 Å². The lowest BCUT2D eigenvalue weighted by atomic mass is 9.90. The molecular weight excluding hydrogens is 272 g/mol. The van der Waals surface area contributed by atoms with E-state index in [2.05, 4.69) is 24.4 Å². The minimum absolute atomic E-state index is 0.143. The summed E-state index contributed by atoms with van der Waals surface area (Å²) in [7, 11) is 0. The maximum Gasteiger partial charge on any atom is 0.0474 e. The first-order chi connectivity index (χ1) is 9.56. The second kappa shape index (κ2) is 6.90. The lowest BCUT2D eigenvalue weighted by Gasteiger charge is -2.35. The van der Waals surface area contributed by atoms with Gasteiger partial charge in [0.05, 0.1) is 0 Å². The van der Waals surface area contributed by atoms with E-state index in [1.165, 1.54) is 12.0 Å². The average molecular weight is 297 g/mol. The molecule has 1 aliphatic carbocycles. The van der Waals surface area contributed by atoms with E-state index in [9.17, 15) is 5.11 Å². The number of benzene rings is 1. The van der Waals surface area contributed by atoms with Crippen molar-refractivity contribution in [3.8, 4) is 0 Å². The highest BCUT2D eigenvalue weighted by atomic mass is 35.5. The lowest BCUT2D eigenvalue weighted by molar-refractivity contribution is 0.184. The molecule has 3 nitrogen and oxygen atoms in total. The Balaban J connectivity index is 2.02. The van der Waals surface area contributed by atoms with Gasteiger partial charge in [-0.1, -0.05) is 30.2 Å². The molecule has 1 aromatic rings. The lowest BCUT2D eigenvalue weighted by Crippen LogP contribution is -2.55. The molecule has 0 aromatic heterocycles. The van der Waals surface area contributed by atoms with Gasteiger partial charge in [-0.2, -0.15) is 0 Å². The number of rotatable bonds is 6. The van der Waals surface area contributed by atoms with E-state index in [0.29, 0.717) is 18.5 Å². The topological polar surface area (TPSA) is 58.3 Å². The Morgan fingerprint density at radius 1 is 1.35 bits per heavy atom. The molecule has 0 amide bonds. The molecule has 1 saturated carbocycles. The fraction of sp³-hybridized carbons (Fsp3) is 0.625. The van der Waals surface area contributed by atoms with Crippen LogP contribution in [0.2, 0.25) is 5.02 Å². The summed E-state index contributed by atoms with van der Waals surface area (Å²) in [5.74, 6) is 0.367. The molecule has 3 unspecified atom stereocenters. The van der Waals surface area contributed by atoms with Crippen LogP contribution < -0.4 is 11.1 Å². The van der Waals surface area contributed by atoms with E-state index < -0.39 is 0 Å². The normalized spacial score (nSPS) is 25.6. The Morgan fingerprint density at radius 2 is 2.05 bits per heavy atom. The molecule has 3 atom stereocenters. The Kier molecular flexibility index (Phi) is 5.44. The zero-order valence-electron chi connectivity index (χ0n) is 12.1. The van der Waals surface area contributed by atoms with Gasteiger partial charge in [-0.25, -0.2) is 0 Å². The van der Waals surface area contributed by atoms with Crippen LogP contribution in [0.15, 0.2) is 24.3 Å². The van der Waals surface area contributed by atoms with E-state index in [1.54, 1.807) is 0 Å². The molecule has 1 fully saturated rings. The monoisotopic (exact) mass is 296 g/mol. The fourth-order valence-corrected chi connectivity index (χ4v) is 3.25. The van der Waals surface area contributed by atoms with E-state index >= 15 is 0 Å². The van der Waals surface area contributed by atoms with E-state index in [0.717, 1.165) is 24.3 Å². The van der Waals surface area contributed by atoms with Crippen LogP contribution in [0.3, 0.4) is 0 Å². The zero-order chi connectivity index (χ0) is 14.6. The highest BCUT2D eigenvalue weighted by Crippen LogP contribution is 2.27. The summed E-state index contributed by atoms with van der Waals surface area (Å²) in [5.41, 5.74) is 7.09. The van der Waals surface area contributed by atoms with Crippen LogP contribution in [-0.2, 0) is 6.42 Å². The van der Waals surface area contributed by atoms with Crippen molar-refractivity contribution in [3.05, 3.63) is 34.9 Å². The summed E-state index contributed by atoms with van der Waals surface area (Å²) in [4.78, 5) is 0. The summed E-state index contributed by atoms with van der Waals surface area (Å²) in [6.07, 6.45) is 4.29. The number of aliphatic hydroxyl groups is 1. The van der Waals surface area contributed by atoms with Gasteiger partial charge in [-0.3, -0.25) is 0 Å². The molecule has 4 N–H and O–H groups in total. The van der Waals surface area contributed by atoms with E-state index in [-0.39, 0.29) is 12.1 Å². The predicted octanol–water partition coefficient (Wildman–Crippen LogP) is 2.35. The largest absolute Gasteiger partial charge is 0.396 e. The summed E-state index contributed by atoms with van der Waals surface area (Å²) >= 11 is 5.92. The van der Waals surface area contributed by atoms with Gasteiger partial charge in [0, 0.05) is 29.8 Å². The average Bonchev–Trinajstić information content (AvgIpc) is 2.88. The zero-order valence-corrected chi connectivity index (χ0v) is 12.9. The van der Waals surface area contributed by atoms with Crippen molar-refractivity contribution in [3.63, 3.8) is 0 Å². The van der Waals surface area contributed by atoms with Gasteiger partial charge in [0.1, 0.15) is 0 Å². The van der Waals surface area contributed by atoms with Crippen LogP contribution in [0.4, 0.5) is 0 Å². The van der Waals surface area contributed by atoms with Crippen LogP contribution in [0.5, 0.6) is 0 Å². The molecule has 4 heteroatoms. The van der Waals surface area contributed by atoms with Gasteiger partial charge in [0.25, 0.3) is 0 Å². The highest BCUT2D eigenvalue weighted by Gasteiger charge is 2.33. The second-order valence-electron chi connectivity index (χ2n) is 6.19. The smallest absolute Gasteiger partial charge is 0.0474 e. The van der Waals surface area contributed by atoms with Crippen LogP contribution in [0, 0.1) is 5.92 Å². The van der Waals surface area contributed by atoms with Gasteiger partial charge in [0.15, 0.2) is 0 Å². The maximum absolute atomic E-state index is 9.44. The second-order valence-corrected chi connectivity index (χ2v) is 6.63. The number of hydrogen-bond donors (Lipinski definition) is 3. The minimum atomic E-state index is -0.143. The van der Waals surface area contributed by atoms with Crippen LogP contribution in [0.25, 0.3) is 0 Å². The molecule has 20 heavy (non-hydrogen) atoms. The van der Waals surface area contributed by atoms with Gasteiger partial charge < -0.3 is 16.2 Å². The first-order valence-electron chi connectivity index (χ1n) is 7.39. The summed E-state index contributed by atoms with van der Waals surface area (Å²) in [6.45, 7) is 3.00. The third kappa shape index (κ3) is 3.95. The Hall–Kier alpha value is -0.610. The van der Waals surface area contributed by atoms with Gasteiger partial charge >= 0.3 is 0 Å². The molecule has 1 aromatic carbocycles. The summed E-state index contributed by atoms with van der Waals surface area (Å²) in [6, 6.07) is 8.31. The molecule has 0 radical (unpaired) electrons. The quantitative estimate of drug-likeness (QED) is 0.755. The number of nitrogens with one attached hydrogen (secondary N) is 1. The number of hydrogen-bond acceptors (Lipinski definition) is 3. The van der Waals surface area contributed by atoms with Crippen LogP contribution >= 0.6 is 11.6 Å². The van der Waals surface area contributed by atoms with Gasteiger partial charge in [-0.15, -0.1) is 0 Å². The van der Waals surface area contributed by atoms with Gasteiger partial charge in [-0.05, 0) is 49.8 Å². The predicted molar refractivity (Wildman–Crippen MR) is 84.0 cm³/mol. The van der Waals surface area contributed by atoms with Crippen molar-refractivity contribution in [2.75, 3.05) is 13.2 Å². The van der Waals surface area contributed by atoms with E-state index in [1.807, 2.05) is 12.1 Å². The summed E-state index contributed by atoms with van der Waals surface area (Å²) < 4.78 is 0. The molecule has 0 aliphatic heterocycles. The van der Waals surface area contributed by atoms with Crippen LogP contribution in [0.1, 0.15) is 31.7 Å². The summed E-state index contributed by atoms with van der Waals surface area (Å²) in [5, 5.41) is 13.9. The first kappa shape index (κ1) is 15.8. The molecular formula is C16H25ClN2O. The molecule has 2 rings (SSSR count). The van der Waals surface area contributed by atoms with Crippen molar-refractivity contribution >= 4 is 11.6 Å². The Morgan fingerprint density at radius 3 is 2.65 bits per heavy atom. The molecule has 112 valence electrons. The van der Waals surface area contributed by atoms with Crippen molar-refractivity contribution in [2.45, 2.75) is 44.2 Å². The number of halogens is 1. The molecule has 1 aliphatic rings. The Bertz CT molecular complexity index is 423. The van der Waals surface area contributed by atoms with Crippen molar-refractivity contribution < 1.29 is 5.11 Å². The molecule has 0 heterocycles. The maximum atomic E-state index is 9.44. The first-order valence-corrected chi connectivity index (χ1v) is 7.77. The minimum Gasteiger partial charge on any atom is -0.396 e. The molecule has 0 saturated heterocycles. The number of aliphatic hydroxyl groups excluding tert-OH is 1. The Labute approximate surface area is 126 Å². The third-order valence-electron chi connectivity index (χ3n) is 4.39. The number of nitrogens with two attached hydrogens (primary N) is 1. The third-order valence-corrected chi connectivity index (χ3v) is 4.64. The van der Waals surface area contributed by atoms with Crippen LogP contribution in [-0.4, -0.2) is 29.8 Å². The fourth-order valence-electron chi connectivity index (χ4n) is 3.13. The standard InChI is InChI=1S/C16H25ClN2O/c1-16(11-18,9-12-5-7-14(17)8-6-12)19-15-4-2-3-13(15)10-20/h5-8,13,15,19-20H,2-4,9-11,18H2,1H3.